The van der Waals surface area contributed by atoms with Crippen molar-refractivity contribution in [2.45, 2.75) is 48.3 Å². The van der Waals surface area contributed by atoms with E-state index in [1.54, 1.807) is 60.7 Å². The summed E-state index contributed by atoms with van der Waals surface area (Å²) in [6.45, 7) is -0.0303. The lowest BCUT2D eigenvalue weighted by molar-refractivity contribution is -0.117. The van der Waals surface area contributed by atoms with Gasteiger partial charge in [-0.05, 0) is 74.2 Å². The Morgan fingerprint density at radius 2 is 0.875 bits per heavy atom. The smallest absolute Gasteiger partial charge is 0.296 e. The molecule has 3 rings (SSSR count). The molecular formula is C28H32N2O8S2. The standard InChI is InChI=1S/C28H32N2O8S2/c31-27(15-7-9-21-37-39(33,34)25-11-3-1-4-12-25)29-23-17-19-24(20-18-23)30-28(32)16-8-10-22-38-40(35,36)26-13-5-2-6-14-26/h1-6,11-14,17-20H,7-10,15-16,21-22H2,(H,29,31)(H,30,32). The minimum absolute atomic E-state index is 0.0152. The average molecular weight is 589 g/mol. The number of carbonyl (C=O) groups is 2. The average Bonchev–Trinajstić information content (AvgIpc) is 2.94. The molecule has 0 saturated carbocycles. The minimum atomic E-state index is -3.80. The van der Waals surface area contributed by atoms with E-state index in [9.17, 15) is 26.4 Å². The molecule has 0 aromatic heterocycles. The maximum absolute atomic E-state index is 12.2. The maximum Gasteiger partial charge on any atom is 0.296 e. The van der Waals surface area contributed by atoms with Gasteiger partial charge in [0.2, 0.25) is 11.8 Å². The highest BCUT2D eigenvalue weighted by atomic mass is 32.2. The van der Waals surface area contributed by atoms with E-state index >= 15 is 0 Å². The van der Waals surface area contributed by atoms with E-state index in [1.807, 2.05) is 0 Å². The lowest BCUT2D eigenvalue weighted by atomic mass is 10.2. The summed E-state index contributed by atoms with van der Waals surface area (Å²) in [4.78, 5) is 24.5. The van der Waals surface area contributed by atoms with Crippen LogP contribution in [-0.4, -0.2) is 41.9 Å². The predicted octanol–water partition coefficient (Wildman–Crippen LogP) is 4.72. The van der Waals surface area contributed by atoms with Crippen molar-refractivity contribution in [1.29, 1.82) is 0 Å². The number of benzene rings is 3. The zero-order chi connectivity index (χ0) is 28.8. The third kappa shape index (κ3) is 10.5. The maximum atomic E-state index is 12.2. The van der Waals surface area contributed by atoms with Crippen LogP contribution in [-0.2, 0) is 38.2 Å². The fraction of sp³-hybridized carbons (Fsp3) is 0.286. The van der Waals surface area contributed by atoms with Crippen LogP contribution >= 0.6 is 0 Å². The van der Waals surface area contributed by atoms with Crippen LogP contribution in [0.1, 0.15) is 38.5 Å². The number of hydrogen-bond donors (Lipinski definition) is 2. The molecular weight excluding hydrogens is 556 g/mol. The van der Waals surface area contributed by atoms with Crippen LogP contribution in [0.25, 0.3) is 0 Å². The minimum Gasteiger partial charge on any atom is -0.326 e. The zero-order valence-electron chi connectivity index (χ0n) is 21.8. The molecule has 12 heteroatoms. The molecule has 0 unspecified atom stereocenters. The summed E-state index contributed by atoms with van der Waals surface area (Å²) >= 11 is 0. The first-order valence-electron chi connectivity index (χ1n) is 12.7. The largest absolute Gasteiger partial charge is 0.326 e. The van der Waals surface area contributed by atoms with Gasteiger partial charge in [-0.25, -0.2) is 0 Å². The number of hydrogen-bond acceptors (Lipinski definition) is 8. The first kappa shape index (κ1) is 31.0. The van der Waals surface area contributed by atoms with Gasteiger partial charge < -0.3 is 10.6 Å². The molecule has 2 amide bonds. The van der Waals surface area contributed by atoms with E-state index in [4.69, 9.17) is 8.37 Å². The van der Waals surface area contributed by atoms with Crippen molar-refractivity contribution in [2.24, 2.45) is 0 Å². The molecule has 0 aliphatic heterocycles. The molecule has 0 spiro atoms. The molecule has 0 saturated heterocycles. The summed E-state index contributed by atoms with van der Waals surface area (Å²) in [5, 5.41) is 5.51. The Kier molecular flexibility index (Phi) is 11.8. The molecule has 0 atom stereocenters. The molecule has 0 fully saturated rings. The summed E-state index contributed by atoms with van der Waals surface area (Å²) in [6.07, 6.45) is 2.10. The van der Waals surface area contributed by atoms with Gasteiger partial charge in [0.1, 0.15) is 0 Å². The third-order valence-electron chi connectivity index (χ3n) is 5.59. The topological polar surface area (TPSA) is 145 Å². The van der Waals surface area contributed by atoms with Crippen LogP contribution in [0, 0.1) is 0 Å². The van der Waals surface area contributed by atoms with Gasteiger partial charge in [0, 0.05) is 24.2 Å². The van der Waals surface area contributed by atoms with E-state index in [0.717, 1.165) is 0 Å². The SMILES string of the molecule is O=C(CCCCOS(=O)(=O)c1ccccc1)Nc1ccc(NC(=O)CCCCOS(=O)(=O)c2ccccc2)cc1. The quantitative estimate of drug-likeness (QED) is 0.181. The van der Waals surface area contributed by atoms with Crippen LogP contribution in [0.15, 0.2) is 94.7 Å². The molecule has 0 aliphatic carbocycles. The van der Waals surface area contributed by atoms with E-state index in [2.05, 4.69) is 10.6 Å². The highest BCUT2D eigenvalue weighted by Crippen LogP contribution is 2.16. The van der Waals surface area contributed by atoms with Gasteiger partial charge in [0.05, 0.1) is 23.0 Å². The number of anilines is 2. The Morgan fingerprint density at radius 3 is 1.23 bits per heavy atom. The monoisotopic (exact) mass is 588 g/mol. The Bertz CT molecular complexity index is 1330. The molecule has 40 heavy (non-hydrogen) atoms. The molecule has 10 nitrogen and oxygen atoms in total. The zero-order valence-corrected chi connectivity index (χ0v) is 23.5. The molecule has 0 aliphatic rings. The number of rotatable bonds is 16. The highest BCUT2D eigenvalue weighted by Gasteiger charge is 2.15. The molecule has 214 valence electrons. The van der Waals surface area contributed by atoms with Crippen LogP contribution in [0.2, 0.25) is 0 Å². The summed E-state index contributed by atoms with van der Waals surface area (Å²) in [6, 6.07) is 22.4. The fourth-order valence-corrected chi connectivity index (χ4v) is 5.43. The van der Waals surface area contributed by atoms with Crippen molar-refractivity contribution in [3.05, 3.63) is 84.9 Å². The van der Waals surface area contributed by atoms with Gasteiger partial charge in [-0.2, -0.15) is 16.8 Å². The van der Waals surface area contributed by atoms with Crippen molar-refractivity contribution in [2.75, 3.05) is 23.8 Å². The fourth-order valence-electron chi connectivity index (χ4n) is 3.51. The molecule has 0 radical (unpaired) electrons. The van der Waals surface area contributed by atoms with Gasteiger partial charge in [0.25, 0.3) is 20.2 Å². The van der Waals surface area contributed by atoms with Gasteiger partial charge in [-0.3, -0.25) is 18.0 Å². The summed E-state index contributed by atoms with van der Waals surface area (Å²) in [7, 11) is -7.61. The van der Waals surface area contributed by atoms with E-state index in [0.29, 0.717) is 37.1 Å². The van der Waals surface area contributed by atoms with Gasteiger partial charge in [-0.15, -0.1) is 0 Å². The molecule has 0 bridgehead atoms. The number of amides is 2. The molecule has 0 heterocycles. The highest BCUT2D eigenvalue weighted by molar-refractivity contribution is 7.87. The lowest BCUT2D eigenvalue weighted by Crippen LogP contribution is -2.13. The van der Waals surface area contributed by atoms with Gasteiger partial charge in [0.15, 0.2) is 0 Å². The Balaban J connectivity index is 1.28. The van der Waals surface area contributed by atoms with Crippen LogP contribution in [0.3, 0.4) is 0 Å². The van der Waals surface area contributed by atoms with Crippen molar-refractivity contribution >= 4 is 43.4 Å². The normalized spacial score (nSPS) is 11.6. The van der Waals surface area contributed by atoms with E-state index < -0.39 is 20.2 Å². The van der Waals surface area contributed by atoms with Crippen LogP contribution in [0.4, 0.5) is 11.4 Å². The number of unbranched alkanes of at least 4 members (excludes halogenated alkanes) is 2. The molecule has 2 N–H and O–H groups in total. The Morgan fingerprint density at radius 1 is 0.525 bits per heavy atom. The summed E-state index contributed by atoms with van der Waals surface area (Å²) in [5.74, 6) is -0.446. The second-order valence-corrected chi connectivity index (χ2v) is 12.0. The van der Waals surface area contributed by atoms with Crippen molar-refractivity contribution < 1.29 is 34.8 Å². The van der Waals surface area contributed by atoms with Crippen molar-refractivity contribution in [3.63, 3.8) is 0 Å². The Labute approximate surface area is 235 Å². The second-order valence-electron chi connectivity index (χ2n) is 8.77. The number of nitrogens with one attached hydrogen (secondary N) is 2. The van der Waals surface area contributed by atoms with E-state index in [1.165, 1.54) is 24.3 Å². The van der Waals surface area contributed by atoms with E-state index in [-0.39, 0.29) is 47.7 Å². The first-order valence-corrected chi connectivity index (χ1v) is 15.6. The molecule has 3 aromatic rings. The van der Waals surface area contributed by atoms with Gasteiger partial charge in [-0.1, -0.05) is 36.4 Å². The van der Waals surface area contributed by atoms with Crippen LogP contribution in [0.5, 0.6) is 0 Å². The molecule has 3 aromatic carbocycles. The van der Waals surface area contributed by atoms with Crippen LogP contribution < -0.4 is 10.6 Å². The van der Waals surface area contributed by atoms with Crippen molar-refractivity contribution in [1.82, 2.24) is 0 Å². The predicted molar refractivity (Wildman–Crippen MR) is 151 cm³/mol. The third-order valence-corrected chi connectivity index (χ3v) is 8.24. The lowest BCUT2D eigenvalue weighted by Gasteiger charge is -2.09. The Hall–Kier alpha value is -3.58. The number of carbonyl (C=O) groups excluding carboxylic acids is 2. The van der Waals surface area contributed by atoms with Crippen molar-refractivity contribution in [3.8, 4) is 0 Å². The van der Waals surface area contributed by atoms with Gasteiger partial charge >= 0.3 is 0 Å². The second kappa shape index (κ2) is 15.3. The first-order chi connectivity index (χ1) is 19.2. The summed E-state index contributed by atoms with van der Waals surface area (Å²) < 4.78 is 58.3. The summed E-state index contributed by atoms with van der Waals surface area (Å²) in [5.41, 5.74) is 1.12.